The molecule has 3 heterocycles. The van der Waals surface area contributed by atoms with Gasteiger partial charge in [-0.1, -0.05) is 11.6 Å². The number of anilines is 2. The fourth-order valence-electron chi connectivity index (χ4n) is 3.32. The number of ether oxygens (including phenoxy) is 2. The maximum atomic E-state index is 14.5. The number of primary amides is 1. The summed E-state index contributed by atoms with van der Waals surface area (Å²) in [4.78, 5) is 24.3. The Hall–Kier alpha value is -4.32. The maximum Gasteiger partial charge on any atom is 0.252 e. The third-order valence-electron chi connectivity index (χ3n) is 4.99. The van der Waals surface area contributed by atoms with E-state index < -0.39 is 17.5 Å². The van der Waals surface area contributed by atoms with Crippen LogP contribution in [0.4, 0.5) is 20.3 Å². The number of halogens is 3. The average molecular weight is 516 g/mol. The molecule has 10 nitrogen and oxygen atoms in total. The molecule has 0 fully saturated rings. The van der Waals surface area contributed by atoms with E-state index in [2.05, 4.69) is 25.4 Å². The van der Waals surface area contributed by atoms with E-state index in [-0.39, 0.29) is 58.1 Å². The largest absolute Gasteiger partial charge is 0.494 e. The molecule has 0 atom stereocenters. The number of nitrogens with zero attached hydrogens (tertiary/aromatic N) is 5. The Morgan fingerprint density at radius 3 is 2.67 bits per heavy atom. The van der Waals surface area contributed by atoms with Crippen LogP contribution in [-0.2, 0) is 6.54 Å². The number of carbonyl (C=O) groups is 1. The Bertz CT molecular complexity index is 1410. The highest BCUT2D eigenvalue weighted by molar-refractivity contribution is 6.32. The summed E-state index contributed by atoms with van der Waals surface area (Å²) in [7, 11) is 1.42. The summed E-state index contributed by atoms with van der Waals surface area (Å²) in [6.07, 6.45) is 5.58. The zero-order chi connectivity index (χ0) is 25.8. The van der Waals surface area contributed by atoms with Crippen molar-refractivity contribution in [2.45, 2.75) is 13.5 Å². The summed E-state index contributed by atoms with van der Waals surface area (Å²) < 4.78 is 40.7. The zero-order valence-corrected chi connectivity index (χ0v) is 19.9. The van der Waals surface area contributed by atoms with E-state index in [1.54, 1.807) is 13.0 Å². The van der Waals surface area contributed by atoms with Gasteiger partial charge in [0.25, 0.3) is 5.91 Å². The van der Waals surface area contributed by atoms with Gasteiger partial charge in [0, 0.05) is 36.3 Å². The van der Waals surface area contributed by atoms with Gasteiger partial charge in [0.2, 0.25) is 0 Å². The SMILES string of the molecule is CCOc1cc(F)c(Cn2cc(Cl)c(-c3ncc(OC)c(Nc4ccncc4C(N)=O)n3)n2)c(F)c1. The Morgan fingerprint density at radius 2 is 2.00 bits per heavy atom. The molecule has 0 unspecified atom stereocenters. The summed E-state index contributed by atoms with van der Waals surface area (Å²) in [5, 5.41) is 7.44. The predicted molar refractivity (Wildman–Crippen MR) is 127 cm³/mol. The second kappa shape index (κ2) is 10.5. The summed E-state index contributed by atoms with van der Waals surface area (Å²) in [5.41, 5.74) is 5.86. The molecule has 3 aromatic heterocycles. The van der Waals surface area contributed by atoms with Crippen LogP contribution in [0.15, 0.2) is 43.0 Å². The van der Waals surface area contributed by atoms with Crippen molar-refractivity contribution in [2.75, 3.05) is 19.0 Å². The van der Waals surface area contributed by atoms with Crippen LogP contribution in [0.5, 0.6) is 11.5 Å². The minimum absolute atomic E-state index is 0.0933. The van der Waals surface area contributed by atoms with Gasteiger partial charge in [-0.25, -0.2) is 18.7 Å². The van der Waals surface area contributed by atoms with E-state index in [0.717, 1.165) is 12.1 Å². The Kier molecular flexibility index (Phi) is 7.25. The second-order valence-electron chi connectivity index (χ2n) is 7.34. The minimum Gasteiger partial charge on any atom is -0.494 e. The number of benzene rings is 1. The Balaban J connectivity index is 1.66. The lowest BCUT2D eigenvalue weighted by molar-refractivity contribution is 0.100. The molecule has 13 heteroatoms. The minimum atomic E-state index is -0.776. The van der Waals surface area contributed by atoms with E-state index in [9.17, 15) is 13.6 Å². The van der Waals surface area contributed by atoms with Gasteiger partial charge in [-0.2, -0.15) is 5.10 Å². The molecule has 0 aliphatic carbocycles. The van der Waals surface area contributed by atoms with Crippen molar-refractivity contribution < 1.29 is 23.0 Å². The molecule has 3 N–H and O–H groups in total. The third kappa shape index (κ3) is 5.18. The van der Waals surface area contributed by atoms with Crippen LogP contribution >= 0.6 is 11.6 Å². The monoisotopic (exact) mass is 515 g/mol. The number of amides is 1. The van der Waals surface area contributed by atoms with Crippen LogP contribution < -0.4 is 20.5 Å². The van der Waals surface area contributed by atoms with E-state index in [0.29, 0.717) is 5.69 Å². The molecule has 186 valence electrons. The number of hydrogen-bond acceptors (Lipinski definition) is 8. The van der Waals surface area contributed by atoms with Crippen LogP contribution in [0.25, 0.3) is 11.5 Å². The number of aromatic nitrogens is 5. The van der Waals surface area contributed by atoms with Gasteiger partial charge in [-0.15, -0.1) is 0 Å². The Labute approximate surface area is 209 Å². The lowest BCUT2D eigenvalue weighted by Crippen LogP contribution is -2.14. The zero-order valence-electron chi connectivity index (χ0n) is 19.1. The van der Waals surface area contributed by atoms with E-state index in [1.165, 1.54) is 36.6 Å². The highest BCUT2D eigenvalue weighted by atomic mass is 35.5. The van der Waals surface area contributed by atoms with Gasteiger partial charge in [0.1, 0.15) is 23.1 Å². The molecule has 0 spiro atoms. The molecule has 0 radical (unpaired) electrons. The van der Waals surface area contributed by atoms with Crippen molar-refractivity contribution in [3.8, 4) is 23.0 Å². The molecule has 4 rings (SSSR count). The summed E-state index contributed by atoms with van der Waals surface area (Å²) in [6, 6.07) is 3.76. The van der Waals surface area contributed by atoms with Crippen molar-refractivity contribution in [1.82, 2.24) is 24.7 Å². The molecular formula is C23H20ClF2N7O3. The van der Waals surface area contributed by atoms with Crippen molar-refractivity contribution in [3.63, 3.8) is 0 Å². The number of methoxy groups -OCH3 is 1. The fraction of sp³-hybridized carbons (Fsp3) is 0.174. The number of hydrogen-bond donors (Lipinski definition) is 2. The molecule has 1 aromatic carbocycles. The van der Waals surface area contributed by atoms with Crippen molar-refractivity contribution in [2.24, 2.45) is 5.73 Å². The molecule has 0 saturated heterocycles. The van der Waals surface area contributed by atoms with Crippen LogP contribution in [-0.4, -0.2) is 44.4 Å². The fourth-order valence-corrected chi connectivity index (χ4v) is 3.56. The average Bonchev–Trinajstić information content (AvgIpc) is 3.22. The van der Waals surface area contributed by atoms with Gasteiger partial charge < -0.3 is 20.5 Å². The molecule has 1 amide bonds. The van der Waals surface area contributed by atoms with E-state index in [1.807, 2.05) is 0 Å². The quantitative estimate of drug-likeness (QED) is 0.342. The van der Waals surface area contributed by atoms with Crippen LogP contribution in [0.3, 0.4) is 0 Å². The number of nitrogens with one attached hydrogen (secondary N) is 1. The van der Waals surface area contributed by atoms with Gasteiger partial charge in [0.05, 0.1) is 42.7 Å². The molecule has 0 saturated carbocycles. The topological polar surface area (TPSA) is 130 Å². The second-order valence-corrected chi connectivity index (χ2v) is 7.75. The lowest BCUT2D eigenvalue weighted by Gasteiger charge is -2.12. The first-order valence-corrected chi connectivity index (χ1v) is 10.9. The highest BCUT2D eigenvalue weighted by Gasteiger charge is 2.19. The smallest absolute Gasteiger partial charge is 0.252 e. The van der Waals surface area contributed by atoms with Gasteiger partial charge in [-0.3, -0.25) is 14.5 Å². The highest BCUT2D eigenvalue weighted by Crippen LogP contribution is 2.31. The number of nitrogens with two attached hydrogens (primary N) is 1. The molecule has 0 aliphatic heterocycles. The van der Waals surface area contributed by atoms with Crippen molar-refractivity contribution in [3.05, 3.63) is 70.8 Å². The first-order chi connectivity index (χ1) is 17.3. The van der Waals surface area contributed by atoms with E-state index >= 15 is 0 Å². The molecule has 4 aromatic rings. The van der Waals surface area contributed by atoms with Gasteiger partial charge in [0.15, 0.2) is 17.4 Å². The van der Waals surface area contributed by atoms with Gasteiger partial charge in [-0.05, 0) is 13.0 Å². The lowest BCUT2D eigenvalue weighted by atomic mass is 10.2. The van der Waals surface area contributed by atoms with Crippen LogP contribution in [0.2, 0.25) is 5.02 Å². The molecule has 0 bridgehead atoms. The number of carbonyl (C=O) groups excluding carboxylic acids is 1. The van der Waals surface area contributed by atoms with Crippen LogP contribution in [0, 0.1) is 11.6 Å². The first kappa shape index (κ1) is 24.8. The summed E-state index contributed by atoms with van der Waals surface area (Å²) in [6.45, 7) is 1.76. The Morgan fingerprint density at radius 1 is 1.25 bits per heavy atom. The number of pyridine rings is 1. The maximum absolute atomic E-state index is 14.5. The molecule has 0 aliphatic rings. The van der Waals surface area contributed by atoms with Crippen molar-refractivity contribution in [1.29, 1.82) is 0 Å². The van der Waals surface area contributed by atoms with Crippen LogP contribution in [0.1, 0.15) is 22.8 Å². The normalized spacial score (nSPS) is 10.8. The summed E-state index contributed by atoms with van der Waals surface area (Å²) in [5.74, 6) is -1.58. The summed E-state index contributed by atoms with van der Waals surface area (Å²) >= 11 is 6.35. The van der Waals surface area contributed by atoms with Gasteiger partial charge >= 0.3 is 0 Å². The predicted octanol–water partition coefficient (Wildman–Crippen LogP) is 3.96. The standard InChI is InChI=1S/C23H20ClF2N7O3/c1-3-36-12-6-16(25)14(17(26)7-12)10-33-11-15(24)20(32-33)23-29-9-19(35-2)22(31-23)30-18-4-5-28-8-13(18)21(27)34/h4-9,11H,3,10H2,1-2H3,(H2,27,34)(H,28,29,30,31). The third-order valence-corrected chi connectivity index (χ3v) is 5.27. The first-order valence-electron chi connectivity index (χ1n) is 10.6. The van der Waals surface area contributed by atoms with E-state index in [4.69, 9.17) is 26.8 Å². The number of rotatable bonds is 9. The van der Waals surface area contributed by atoms with Crippen molar-refractivity contribution >= 4 is 29.0 Å². The molecular weight excluding hydrogens is 496 g/mol. The molecule has 36 heavy (non-hydrogen) atoms.